The molecule has 1 saturated carbocycles. The van der Waals surface area contributed by atoms with Crippen LogP contribution in [0.5, 0.6) is 0 Å². The minimum Gasteiger partial charge on any atom is -0.344 e. The van der Waals surface area contributed by atoms with Crippen LogP contribution in [0.25, 0.3) is 0 Å². The molecule has 2 aromatic rings. The maximum atomic E-state index is 13.9. The van der Waals surface area contributed by atoms with Crippen molar-refractivity contribution in [1.29, 1.82) is 0 Å². The van der Waals surface area contributed by atoms with E-state index in [1.54, 1.807) is 0 Å². The number of benzene rings is 1. The van der Waals surface area contributed by atoms with Crippen LogP contribution < -0.4 is 4.90 Å². The Hall–Kier alpha value is -1.65. The van der Waals surface area contributed by atoms with Gasteiger partial charge in [-0.2, -0.15) is 8.68 Å². The molecular formula is C15H16F2N4O2S2. The fourth-order valence-electron chi connectivity index (χ4n) is 2.81. The number of hydrogen-bond acceptors (Lipinski definition) is 6. The summed E-state index contributed by atoms with van der Waals surface area (Å²) in [5, 5.41) is 0.798. The van der Waals surface area contributed by atoms with E-state index >= 15 is 0 Å². The smallest absolute Gasteiger partial charge is 0.246 e. The summed E-state index contributed by atoms with van der Waals surface area (Å²) < 4.78 is 57.6. The van der Waals surface area contributed by atoms with Gasteiger partial charge in [-0.15, -0.1) is 0 Å². The van der Waals surface area contributed by atoms with Gasteiger partial charge in [-0.1, -0.05) is 0 Å². The highest BCUT2D eigenvalue weighted by Crippen LogP contribution is 2.39. The van der Waals surface area contributed by atoms with Crippen LogP contribution in [0.15, 0.2) is 23.1 Å². The molecule has 1 aromatic heterocycles. The normalized spacial score (nSPS) is 19.4. The van der Waals surface area contributed by atoms with Gasteiger partial charge in [0.25, 0.3) is 0 Å². The van der Waals surface area contributed by atoms with Gasteiger partial charge in [0.2, 0.25) is 15.2 Å². The molecule has 0 amide bonds. The Morgan fingerprint density at radius 1 is 1.12 bits per heavy atom. The second kappa shape index (κ2) is 6.26. The van der Waals surface area contributed by atoms with Crippen molar-refractivity contribution in [3.8, 4) is 0 Å². The predicted molar refractivity (Wildman–Crippen MR) is 89.2 cm³/mol. The van der Waals surface area contributed by atoms with Crippen molar-refractivity contribution in [2.75, 3.05) is 31.1 Å². The van der Waals surface area contributed by atoms with Gasteiger partial charge in [0, 0.05) is 49.7 Å². The molecule has 2 fully saturated rings. The van der Waals surface area contributed by atoms with Crippen LogP contribution in [0.4, 0.5) is 13.9 Å². The van der Waals surface area contributed by atoms with E-state index in [1.807, 2.05) is 4.90 Å². The minimum absolute atomic E-state index is 0.220. The lowest BCUT2D eigenvalue weighted by Gasteiger charge is -2.33. The highest BCUT2D eigenvalue weighted by Gasteiger charge is 2.33. The van der Waals surface area contributed by atoms with Crippen LogP contribution in [0.2, 0.25) is 0 Å². The molecule has 4 rings (SSSR count). The fourth-order valence-corrected chi connectivity index (χ4v) is 5.07. The van der Waals surface area contributed by atoms with Gasteiger partial charge < -0.3 is 4.90 Å². The number of rotatable bonds is 4. The van der Waals surface area contributed by atoms with Crippen LogP contribution in [0.1, 0.15) is 24.6 Å². The number of nitrogens with zero attached hydrogens (tertiary/aromatic N) is 4. The first-order chi connectivity index (χ1) is 11.9. The Morgan fingerprint density at radius 2 is 1.84 bits per heavy atom. The van der Waals surface area contributed by atoms with E-state index < -0.39 is 26.6 Å². The molecular weight excluding hydrogens is 370 g/mol. The molecule has 2 heterocycles. The van der Waals surface area contributed by atoms with E-state index in [9.17, 15) is 17.2 Å². The zero-order valence-corrected chi connectivity index (χ0v) is 14.9. The number of halogens is 2. The third kappa shape index (κ3) is 3.25. The number of aromatic nitrogens is 2. The molecule has 25 heavy (non-hydrogen) atoms. The third-order valence-corrected chi connectivity index (χ3v) is 7.12. The third-order valence-electron chi connectivity index (χ3n) is 4.39. The highest BCUT2D eigenvalue weighted by molar-refractivity contribution is 7.89. The van der Waals surface area contributed by atoms with Gasteiger partial charge in [-0.25, -0.2) is 22.2 Å². The van der Waals surface area contributed by atoms with Crippen LogP contribution in [-0.2, 0) is 10.0 Å². The Labute approximate surface area is 148 Å². The van der Waals surface area contributed by atoms with Crippen LogP contribution >= 0.6 is 11.5 Å². The van der Waals surface area contributed by atoms with E-state index in [-0.39, 0.29) is 13.1 Å². The first-order valence-electron chi connectivity index (χ1n) is 7.99. The van der Waals surface area contributed by atoms with Crippen LogP contribution in [0.3, 0.4) is 0 Å². The number of piperazine rings is 1. The molecule has 0 unspecified atom stereocenters. The fraction of sp³-hybridized carbons (Fsp3) is 0.467. The Kier molecular flexibility index (Phi) is 4.20. The maximum Gasteiger partial charge on any atom is 0.246 e. The van der Waals surface area contributed by atoms with Crippen LogP contribution in [-0.4, -0.2) is 48.3 Å². The second-order valence-electron chi connectivity index (χ2n) is 6.18. The molecule has 2 aliphatic rings. The average molecular weight is 386 g/mol. The zero-order chi connectivity index (χ0) is 17.6. The molecule has 0 spiro atoms. The SMILES string of the molecule is O=S(=O)(c1ccc(F)cc1F)N1CCN(c2nc(C3CC3)ns2)CC1. The van der Waals surface area contributed by atoms with E-state index in [0.717, 1.165) is 35.9 Å². The zero-order valence-electron chi connectivity index (χ0n) is 13.2. The summed E-state index contributed by atoms with van der Waals surface area (Å²) in [5.41, 5.74) is 0. The first-order valence-corrected chi connectivity index (χ1v) is 10.2. The largest absolute Gasteiger partial charge is 0.344 e. The van der Waals surface area contributed by atoms with Crippen LogP contribution in [0, 0.1) is 11.6 Å². The summed E-state index contributed by atoms with van der Waals surface area (Å²) in [5.74, 6) is -0.513. The summed E-state index contributed by atoms with van der Waals surface area (Å²) in [4.78, 5) is 6.03. The topological polar surface area (TPSA) is 66.4 Å². The molecule has 0 bridgehead atoms. The van der Waals surface area contributed by atoms with Gasteiger partial charge in [0.1, 0.15) is 22.4 Å². The molecule has 6 nitrogen and oxygen atoms in total. The van der Waals surface area contributed by atoms with Gasteiger partial charge >= 0.3 is 0 Å². The van der Waals surface area contributed by atoms with E-state index in [0.29, 0.717) is 25.1 Å². The van der Waals surface area contributed by atoms with Gasteiger partial charge in [0.05, 0.1) is 0 Å². The second-order valence-corrected chi connectivity index (χ2v) is 8.81. The summed E-state index contributed by atoms with van der Waals surface area (Å²) >= 11 is 1.33. The number of hydrogen-bond donors (Lipinski definition) is 0. The van der Waals surface area contributed by atoms with E-state index in [2.05, 4.69) is 9.36 Å². The van der Waals surface area contributed by atoms with Crippen molar-refractivity contribution in [1.82, 2.24) is 13.7 Å². The predicted octanol–water partition coefficient (Wildman–Crippen LogP) is 2.20. The molecule has 1 aliphatic carbocycles. The Balaban J connectivity index is 1.46. The maximum absolute atomic E-state index is 13.9. The minimum atomic E-state index is -3.98. The van der Waals surface area contributed by atoms with Crippen molar-refractivity contribution in [3.63, 3.8) is 0 Å². The van der Waals surface area contributed by atoms with Crippen molar-refractivity contribution < 1.29 is 17.2 Å². The van der Waals surface area contributed by atoms with Gasteiger partial charge in [0.15, 0.2) is 0 Å². The van der Waals surface area contributed by atoms with E-state index in [4.69, 9.17) is 0 Å². The van der Waals surface area contributed by atoms with Crippen molar-refractivity contribution in [2.45, 2.75) is 23.7 Å². The molecule has 1 saturated heterocycles. The molecule has 134 valence electrons. The van der Waals surface area contributed by atoms with Crippen molar-refractivity contribution in [2.24, 2.45) is 0 Å². The molecule has 0 N–H and O–H groups in total. The standard InChI is InChI=1S/C15H16F2N4O2S2/c16-11-3-4-13(12(17)9-11)25(22,23)21-7-5-20(6-8-21)15-18-14(19-24-15)10-1-2-10/h3-4,9-10H,1-2,5-8H2. The van der Waals surface area contributed by atoms with Crippen molar-refractivity contribution >= 4 is 26.7 Å². The molecule has 0 atom stereocenters. The molecule has 0 radical (unpaired) electrons. The number of anilines is 1. The quantitative estimate of drug-likeness (QED) is 0.806. The lowest BCUT2D eigenvalue weighted by Crippen LogP contribution is -2.48. The average Bonchev–Trinajstić information content (AvgIpc) is 3.32. The summed E-state index contributed by atoms with van der Waals surface area (Å²) in [6.45, 7) is 1.36. The number of sulfonamides is 1. The van der Waals surface area contributed by atoms with E-state index in [1.165, 1.54) is 15.8 Å². The monoisotopic (exact) mass is 386 g/mol. The summed E-state index contributed by atoms with van der Waals surface area (Å²) in [7, 11) is -3.98. The summed E-state index contributed by atoms with van der Waals surface area (Å²) in [6, 6.07) is 2.51. The van der Waals surface area contributed by atoms with Gasteiger partial charge in [-0.3, -0.25) is 0 Å². The molecule has 1 aromatic carbocycles. The summed E-state index contributed by atoms with van der Waals surface area (Å²) in [6.07, 6.45) is 2.26. The highest BCUT2D eigenvalue weighted by atomic mass is 32.2. The van der Waals surface area contributed by atoms with Gasteiger partial charge in [-0.05, 0) is 25.0 Å². The lowest BCUT2D eigenvalue weighted by molar-refractivity contribution is 0.382. The van der Waals surface area contributed by atoms with Crippen molar-refractivity contribution in [3.05, 3.63) is 35.7 Å². The molecule has 10 heteroatoms. The lowest BCUT2D eigenvalue weighted by atomic mass is 10.3. The molecule has 1 aliphatic heterocycles. The Bertz CT molecular complexity index is 891. The first kappa shape index (κ1) is 16.8. The Morgan fingerprint density at radius 3 is 2.48 bits per heavy atom.